The van der Waals surface area contributed by atoms with Gasteiger partial charge in [0.05, 0.1) is 12.2 Å². The summed E-state index contributed by atoms with van der Waals surface area (Å²) in [6.07, 6.45) is 0.134. The number of nitrogens with zero attached hydrogens (tertiary/aromatic N) is 1. The predicted octanol–water partition coefficient (Wildman–Crippen LogP) is 1.28. The van der Waals surface area contributed by atoms with Crippen LogP contribution < -0.4 is 0 Å². The summed E-state index contributed by atoms with van der Waals surface area (Å²) in [6.45, 7) is 5.03. The van der Waals surface area contributed by atoms with Crippen molar-refractivity contribution in [3.8, 4) is 11.8 Å². The normalized spacial score (nSPS) is 22.1. The lowest BCUT2D eigenvalue weighted by Crippen LogP contribution is -2.48. The van der Waals surface area contributed by atoms with Crippen molar-refractivity contribution in [2.24, 2.45) is 0 Å². The van der Waals surface area contributed by atoms with Crippen LogP contribution in [0.5, 0.6) is 0 Å². The average molecular weight is 273 g/mol. The van der Waals surface area contributed by atoms with Crippen LogP contribution in [0.15, 0.2) is 24.3 Å². The molecule has 4 heteroatoms. The summed E-state index contributed by atoms with van der Waals surface area (Å²) in [5, 5.41) is 8.64. The van der Waals surface area contributed by atoms with Gasteiger partial charge in [0.25, 0.3) is 5.91 Å². The van der Waals surface area contributed by atoms with E-state index in [1.807, 2.05) is 18.7 Å². The number of aliphatic hydroxyl groups excluding tert-OH is 1. The van der Waals surface area contributed by atoms with E-state index in [0.29, 0.717) is 18.7 Å². The second-order valence-electron chi connectivity index (χ2n) is 5.00. The van der Waals surface area contributed by atoms with Crippen LogP contribution in [-0.2, 0) is 4.74 Å². The van der Waals surface area contributed by atoms with E-state index in [4.69, 9.17) is 9.84 Å². The number of aliphatic hydroxyl groups is 1. The molecule has 1 amide bonds. The van der Waals surface area contributed by atoms with E-state index in [0.717, 1.165) is 5.56 Å². The number of ether oxygens (including phenoxy) is 1. The minimum absolute atomic E-state index is 0.0219. The average Bonchev–Trinajstić information content (AvgIpc) is 2.44. The number of carbonyl (C=O) groups excluding carboxylic acids is 1. The molecular weight excluding hydrogens is 254 g/mol. The number of carbonyl (C=O) groups is 1. The fourth-order valence-electron chi connectivity index (χ4n) is 2.36. The molecule has 2 unspecified atom stereocenters. The Hall–Kier alpha value is -1.83. The lowest BCUT2D eigenvalue weighted by Gasteiger charge is -2.35. The van der Waals surface area contributed by atoms with Gasteiger partial charge in [-0.3, -0.25) is 4.79 Å². The van der Waals surface area contributed by atoms with Crippen molar-refractivity contribution in [1.29, 1.82) is 0 Å². The predicted molar refractivity (Wildman–Crippen MR) is 76.3 cm³/mol. The zero-order valence-corrected chi connectivity index (χ0v) is 11.8. The van der Waals surface area contributed by atoms with Crippen LogP contribution in [0.1, 0.15) is 29.8 Å². The molecule has 2 rings (SSSR count). The Morgan fingerprint density at radius 3 is 2.45 bits per heavy atom. The van der Waals surface area contributed by atoms with Crippen molar-refractivity contribution in [2.75, 3.05) is 19.7 Å². The summed E-state index contributed by atoms with van der Waals surface area (Å²) in [6, 6.07) is 7.13. The Balaban J connectivity index is 2.09. The zero-order chi connectivity index (χ0) is 14.5. The van der Waals surface area contributed by atoms with E-state index in [1.165, 1.54) is 0 Å². The highest BCUT2D eigenvalue weighted by Crippen LogP contribution is 2.14. The first-order valence-electron chi connectivity index (χ1n) is 6.74. The molecule has 20 heavy (non-hydrogen) atoms. The fraction of sp³-hybridized carbons (Fsp3) is 0.438. The smallest absolute Gasteiger partial charge is 0.254 e. The molecule has 0 bridgehead atoms. The molecule has 0 saturated carbocycles. The van der Waals surface area contributed by atoms with Crippen LogP contribution in [0.3, 0.4) is 0 Å². The highest BCUT2D eigenvalue weighted by Gasteiger charge is 2.26. The van der Waals surface area contributed by atoms with Gasteiger partial charge in [0.1, 0.15) is 6.61 Å². The minimum Gasteiger partial charge on any atom is -0.384 e. The van der Waals surface area contributed by atoms with Crippen molar-refractivity contribution < 1.29 is 14.6 Å². The molecule has 1 fully saturated rings. The van der Waals surface area contributed by atoms with Crippen molar-refractivity contribution in [2.45, 2.75) is 26.1 Å². The van der Waals surface area contributed by atoms with Crippen LogP contribution in [0.25, 0.3) is 0 Å². The summed E-state index contributed by atoms with van der Waals surface area (Å²) in [4.78, 5) is 14.2. The van der Waals surface area contributed by atoms with Gasteiger partial charge < -0.3 is 14.7 Å². The number of hydrogen-bond acceptors (Lipinski definition) is 3. The molecule has 1 aliphatic heterocycles. The first-order chi connectivity index (χ1) is 9.60. The molecule has 1 heterocycles. The lowest BCUT2D eigenvalue weighted by molar-refractivity contribution is -0.0586. The van der Waals surface area contributed by atoms with Gasteiger partial charge in [0.2, 0.25) is 0 Å². The van der Waals surface area contributed by atoms with Gasteiger partial charge in [-0.1, -0.05) is 11.8 Å². The van der Waals surface area contributed by atoms with Crippen LogP contribution in [-0.4, -0.2) is 47.8 Å². The topological polar surface area (TPSA) is 49.8 Å². The van der Waals surface area contributed by atoms with Gasteiger partial charge in [-0.2, -0.15) is 0 Å². The molecule has 0 aromatic heterocycles. The Kier molecular flexibility index (Phi) is 4.78. The molecule has 1 aliphatic rings. The van der Waals surface area contributed by atoms with Crippen LogP contribution in [0, 0.1) is 11.8 Å². The molecule has 1 saturated heterocycles. The number of hydrogen-bond donors (Lipinski definition) is 1. The SMILES string of the molecule is CC1CN(C(=O)c2ccc(C#CCO)cc2)CC(C)O1. The Bertz CT molecular complexity index is 517. The van der Waals surface area contributed by atoms with Gasteiger partial charge in [0.15, 0.2) is 0 Å². The summed E-state index contributed by atoms with van der Waals surface area (Å²) in [5.74, 6) is 5.41. The van der Waals surface area contributed by atoms with E-state index in [9.17, 15) is 4.79 Å². The number of morpholine rings is 1. The van der Waals surface area contributed by atoms with Crippen molar-refractivity contribution >= 4 is 5.91 Å². The third-order valence-electron chi connectivity index (χ3n) is 3.15. The van der Waals surface area contributed by atoms with E-state index < -0.39 is 0 Å². The van der Waals surface area contributed by atoms with Crippen LogP contribution in [0.2, 0.25) is 0 Å². The van der Waals surface area contributed by atoms with E-state index in [-0.39, 0.29) is 24.7 Å². The lowest BCUT2D eigenvalue weighted by atomic mass is 10.1. The van der Waals surface area contributed by atoms with Gasteiger partial charge in [-0.15, -0.1) is 0 Å². The van der Waals surface area contributed by atoms with Crippen LogP contribution >= 0.6 is 0 Å². The molecule has 106 valence electrons. The fourth-order valence-corrected chi connectivity index (χ4v) is 2.36. The van der Waals surface area contributed by atoms with Crippen LogP contribution in [0.4, 0.5) is 0 Å². The maximum absolute atomic E-state index is 12.4. The summed E-state index contributed by atoms with van der Waals surface area (Å²) in [5.41, 5.74) is 1.44. The van der Waals surface area contributed by atoms with E-state index >= 15 is 0 Å². The van der Waals surface area contributed by atoms with Crippen molar-refractivity contribution in [3.05, 3.63) is 35.4 Å². The molecule has 1 aromatic rings. The largest absolute Gasteiger partial charge is 0.384 e. The number of rotatable bonds is 1. The first-order valence-corrected chi connectivity index (χ1v) is 6.74. The zero-order valence-electron chi connectivity index (χ0n) is 11.8. The second-order valence-corrected chi connectivity index (χ2v) is 5.00. The molecule has 4 nitrogen and oxygen atoms in total. The number of benzene rings is 1. The number of amides is 1. The van der Waals surface area contributed by atoms with Crippen molar-refractivity contribution in [3.63, 3.8) is 0 Å². The van der Waals surface area contributed by atoms with Gasteiger partial charge in [0, 0.05) is 24.2 Å². The summed E-state index contributed by atoms with van der Waals surface area (Å²) in [7, 11) is 0. The van der Waals surface area contributed by atoms with Gasteiger partial charge in [-0.25, -0.2) is 0 Å². The maximum atomic E-state index is 12.4. The standard InChI is InChI=1S/C16H19NO3/c1-12-10-17(11-13(2)20-12)16(19)15-7-5-14(6-8-15)4-3-9-18/h5-8,12-13,18H,9-11H2,1-2H3. The third-order valence-corrected chi connectivity index (χ3v) is 3.15. The van der Waals surface area contributed by atoms with Gasteiger partial charge in [-0.05, 0) is 38.1 Å². The van der Waals surface area contributed by atoms with Crippen molar-refractivity contribution in [1.82, 2.24) is 4.90 Å². The quantitative estimate of drug-likeness (QED) is 0.784. The highest BCUT2D eigenvalue weighted by molar-refractivity contribution is 5.94. The Labute approximate surface area is 119 Å². The molecule has 1 N–H and O–H groups in total. The Morgan fingerprint density at radius 1 is 1.30 bits per heavy atom. The Morgan fingerprint density at radius 2 is 1.90 bits per heavy atom. The molecule has 2 atom stereocenters. The molecule has 1 aromatic carbocycles. The summed E-state index contributed by atoms with van der Waals surface area (Å²) < 4.78 is 5.63. The van der Waals surface area contributed by atoms with E-state index in [1.54, 1.807) is 24.3 Å². The maximum Gasteiger partial charge on any atom is 0.254 e. The molecule has 0 radical (unpaired) electrons. The molecule has 0 spiro atoms. The second kappa shape index (κ2) is 6.56. The minimum atomic E-state index is -0.162. The monoisotopic (exact) mass is 273 g/mol. The first kappa shape index (κ1) is 14.6. The molecule has 0 aliphatic carbocycles. The summed E-state index contributed by atoms with van der Waals surface area (Å²) >= 11 is 0. The molecular formula is C16H19NO3. The highest BCUT2D eigenvalue weighted by atomic mass is 16.5. The third kappa shape index (κ3) is 3.60. The van der Waals surface area contributed by atoms with E-state index in [2.05, 4.69) is 11.8 Å². The van der Waals surface area contributed by atoms with Gasteiger partial charge >= 0.3 is 0 Å².